The number of benzene rings is 1. The van der Waals surface area contributed by atoms with Crippen LogP contribution >= 0.6 is 11.3 Å². The lowest BCUT2D eigenvalue weighted by atomic mass is 10.2. The van der Waals surface area contributed by atoms with Gasteiger partial charge in [-0.25, -0.2) is 0 Å². The summed E-state index contributed by atoms with van der Waals surface area (Å²) >= 11 is 1.76. The van der Waals surface area contributed by atoms with E-state index in [9.17, 15) is 4.79 Å². The number of nitrogens with zero attached hydrogens (tertiary/aromatic N) is 3. The Labute approximate surface area is 163 Å². The monoisotopic (exact) mass is 385 g/mol. The van der Waals surface area contributed by atoms with Crippen molar-refractivity contribution in [1.29, 1.82) is 5.26 Å². The molecule has 1 amide bonds. The summed E-state index contributed by atoms with van der Waals surface area (Å²) in [6, 6.07) is 11.2. The van der Waals surface area contributed by atoms with Gasteiger partial charge in [0, 0.05) is 43.7 Å². The lowest BCUT2D eigenvalue weighted by Crippen LogP contribution is -2.49. The van der Waals surface area contributed by atoms with Gasteiger partial charge in [0.25, 0.3) is 5.91 Å². The fourth-order valence-electron chi connectivity index (χ4n) is 2.97. The zero-order valence-electron chi connectivity index (χ0n) is 15.4. The van der Waals surface area contributed by atoms with Crippen LogP contribution in [0.2, 0.25) is 0 Å². The Kier molecular flexibility index (Phi) is 6.69. The number of amides is 1. The minimum absolute atomic E-state index is 0.0300. The van der Waals surface area contributed by atoms with E-state index in [1.54, 1.807) is 29.5 Å². The number of carbonyl (C=O) groups is 1. The Bertz CT molecular complexity index is 793. The van der Waals surface area contributed by atoms with E-state index < -0.39 is 0 Å². The van der Waals surface area contributed by atoms with Crippen molar-refractivity contribution in [3.8, 4) is 17.6 Å². The smallest absolute Gasteiger partial charge is 0.260 e. The molecule has 0 atom stereocenters. The van der Waals surface area contributed by atoms with Gasteiger partial charge in [0.1, 0.15) is 0 Å². The number of thiophene rings is 1. The summed E-state index contributed by atoms with van der Waals surface area (Å²) in [5.74, 6) is 0.947. The van der Waals surface area contributed by atoms with Crippen LogP contribution in [-0.2, 0) is 11.3 Å². The highest BCUT2D eigenvalue weighted by Gasteiger charge is 2.22. The Hall–Kier alpha value is -2.56. The Morgan fingerprint density at radius 3 is 2.67 bits per heavy atom. The molecule has 1 fully saturated rings. The van der Waals surface area contributed by atoms with Crippen molar-refractivity contribution in [2.45, 2.75) is 13.5 Å². The van der Waals surface area contributed by atoms with Crippen molar-refractivity contribution in [2.75, 3.05) is 39.4 Å². The van der Waals surface area contributed by atoms with Crippen LogP contribution in [0, 0.1) is 11.3 Å². The third-order valence-corrected chi connectivity index (χ3v) is 5.27. The van der Waals surface area contributed by atoms with E-state index >= 15 is 0 Å². The number of piperazine rings is 1. The standard InChI is InChI=1S/C20H23N3O3S/c1-2-25-19-12-16(13-21)5-6-18(19)26-15-20(24)23-9-7-22(8-10-23)14-17-4-3-11-27-17/h3-6,11-12H,2,7-10,14-15H2,1H3. The van der Waals surface area contributed by atoms with Gasteiger partial charge in [-0.2, -0.15) is 5.26 Å². The van der Waals surface area contributed by atoms with E-state index in [0.717, 1.165) is 19.6 Å². The highest BCUT2D eigenvalue weighted by atomic mass is 32.1. The second-order valence-corrected chi connectivity index (χ2v) is 7.26. The highest BCUT2D eigenvalue weighted by molar-refractivity contribution is 7.09. The first-order valence-electron chi connectivity index (χ1n) is 9.02. The van der Waals surface area contributed by atoms with Crippen molar-refractivity contribution < 1.29 is 14.3 Å². The first kappa shape index (κ1) is 19.2. The summed E-state index contributed by atoms with van der Waals surface area (Å²) < 4.78 is 11.2. The van der Waals surface area contributed by atoms with Gasteiger partial charge in [-0.3, -0.25) is 9.69 Å². The molecule has 27 heavy (non-hydrogen) atoms. The summed E-state index contributed by atoms with van der Waals surface area (Å²) in [7, 11) is 0. The van der Waals surface area contributed by atoms with Crippen molar-refractivity contribution >= 4 is 17.2 Å². The average molecular weight is 385 g/mol. The van der Waals surface area contributed by atoms with Gasteiger partial charge in [-0.15, -0.1) is 11.3 Å². The van der Waals surface area contributed by atoms with Gasteiger partial charge < -0.3 is 14.4 Å². The fraction of sp³-hybridized carbons (Fsp3) is 0.400. The molecule has 7 heteroatoms. The Morgan fingerprint density at radius 2 is 2.00 bits per heavy atom. The zero-order chi connectivity index (χ0) is 19.1. The van der Waals surface area contributed by atoms with Crippen LogP contribution in [0.3, 0.4) is 0 Å². The lowest BCUT2D eigenvalue weighted by molar-refractivity contribution is -0.135. The normalized spacial score (nSPS) is 14.6. The van der Waals surface area contributed by atoms with E-state index in [2.05, 4.69) is 28.5 Å². The van der Waals surface area contributed by atoms with Gasteiger partial charge in [-0.05, 0) is 30.5 Å². The topological polar surface area (TPSA) is 65.8 Å². The molecule has 0 N–H and O–H groups in total. The number of rotatable bonds is 7. The molecule has 0 aliphatic carbocycles. The van der Waals surface area contributed by atoms with Crippen LogP contribution in [0.4, 0.5) is 0 Å². The van der Waals surface area contributed by atoms with Crippen LogP contribution in [0.15, 0.2) is 35.7 Å². The number of nitriles is 1. The van der Waals surface area contributed by atoms with Crippen LogP contribution in [0.5, 0.6) is 11.5 Å². The third-order valence-electron chi connectivity index (χ3n) is 4.41. The van der Waals surface area contributed by atoms with Gasteiger partial charge in [0.15, 0.2) is 18.1 Å². The van der Waals surface area contributed by atoms with Crippen molar-refractivity contribution in [3.63, 3.8) is 0 Å². The molecular formula is C20H23N3O3S. The number of hydrogen-bond acceptors (Lipinski definition) is 6. The maximum Gasteiger partial charge on any atom is 0.260 e. The van der Waals surface area contributed by atoms with E-state index in [0.29, 0.717) is 36.8 Å². The lowest BCUT2D eigenvalue weighted by Gasteiger charge is -2.34. The highest BCUT2D eigenvalue weighted by Crippen LogP contribution is 2.28. The Morgan fingerprint density at radius 1 is 1.19 bits per heavy atom. The van der Waals surface area contributed by atoms with Crippen LogP contribution in [-0.4, -0.2) is 55.1 Å². The molecule has 0 saturated carbocycles. The molecular weight excluding hydrogens is 362 g/mol. The third kappa shape index (κ3) is 5.22. The molecule has 1 aromatic carbocycles. The van der Waals surface area contributed by atoms with E-state index in [1.807, 2.05) is 11.8 Å². The van der Waals surface area contributed by atoms with Crippen LogP contribution in [0.1, 0.15) is 17.4 Å². The molecule has 3 rings (SSSR count). The summed E-state index contributed by atoms with van der Waals surface area (Å²) in [6.07, 6.45) is 0. The van der Waals surface area contributed by atoms with Gasteiger partial charge in [-0.1, -0.05) is 6.07 Å². The summed E-state index contributed by atoms with van der Waals surface area (Å²) in [6.45, 7) is 6.39. The largest absolute Gasteiger partial charge is 0.490 e. The predicted octanol–water partition coefficient (Wildman–Crippen LogP) is 2.74. The maximum absolute atomic E-state index is 12.5. The second-order valence-electron chi connectivity index (χ2n) is 6.23. The van der Waals surface area contributed by atoms with Crippen molar-refractivity contribution in [2.24, 2.45) is 0 Å². The number of hydrogen-bond donors (Lipinski definition) is 0. The van der Waals surface area contributed by atoms with Gasteiger partial charge in [0.05, 0.1) is 18.2 Å². The first-order chi connectivity index (χ1) is 13.2. The molecule has 0 radical (unpaired) electrons. The molecule has 1 aromatic heterocycles. The van der Waals surface area contributed by atoms with Crippen LogP contribution in [0.25, 0.3) is 0 Å². The summed E-state index contributed by atoms with van der Waals surface area (Å²) in [5, 5.41) is 11.1. The molecule has 0 bridgehead atoms. The molecule has 1 aliphatic heterocycles. The van der Waals surface area contributed by atoms with Crippen molar-refractivity contribution in [3.05, 3.63) is 46.2 Å². The molecule has 0 unspecified atom stereocenters. The summed E-state index contributed by atoms with van der Waals surface area (Å²) in [5.41, 5.74) is 0.499. The number of carbonyl (C=O) groups excluding carboxylic acids is 1. The van der Waals surface area contributed by atoms with Crippen LogP contribution < -0.4 is 9.47 Å². The molecule has 2 aromatic rings. The maximum atomic E-state index is 12.5. The minimum atomic E-state index is -0.0309. The molecule has 1 aliphatic rings. The minimum Gasteiger partial charge on any atom is -0.490 e. The quantitative estimate of drug-likeness (QED) is 0.733. The molecule has 1 saturated heterocycles. The average Bonchev–Trinajstić information content (AvgIpc) is 3.20. The fourth-order valence-corrected chi connectivity index (χ4v) is 3.72. The molecule has 6 nitrogen and oxygen atoms in total. The van der Waals surface area contributed by atoms with Gasteiger partial charge >= 0.3 is 0 Å². The zero-order valence-corrected chi connectivity index (χ0v) is 16.2. The van der Waals surface area contributed by atoms with Crippen molar-refractivity contribution in [1.82, 2.24) is 9.80 Å². The van der Waals surface area contributed by atoms with E-state index in [1.165, 1.54) is 4.88 Å². The summed E-state index contributed by atoms with van der Waals surface area (Å²) in [4.78, 5) is 18.0. The van der Waals surface area contributed by atoms with Gasteiger partial charge in [0.2, 0.25) is 0 Å². The SMILES string of the molecule is CCOc1cc(C#N)ccc1OCC(=O)N1CCN(Cc2cccs2)CC1. The van der Waals surface area contributed by atoms with E-state index in [-0.39, 0.29) is 12.5 Å². The second kappa shape index (κ2) is 9.40. The number of ether oxygens (including phenoxy) is 2. The Balaban J connectivity index is 1.49. The molecule has 2 heterocycles. The molecule has 0 spiro atoms. The van der Waals surface area contributed by atoms with E-state index in [4.69, 9.17) is 14.7 Å². The molecule has 142 valence electrons. The first-order valence-corrected chi connectivity index (χ1v) is 9.90. The predicted molar refractivity (Wildman–Crippen MR) is 104 cm³/mol.